The lowest BCUT2D eigenvalue weighted by atomic mass is 9.84. The van der Waals surface area contributed by atoms with Gasteiger partial charge in [0.1, 0.15) is 11.2 Å². The molecule has 32 heavy (non-hydrogen) atoms. The number of benzene rings is 2. The van der Waals surface area contributed by atoms with Crippen LogP contribution in [0.4, 0.5) is 9.59 Å². The number of carbonyl (C=O) groups excluding carboxylic acids is 2. The van der Waals surface area contributed by atoms with E-state index in [0.717, 1.165) is 0 Å². The van der Waals surface area contributed by atoms with Gasteiger partial charge in [-0.2, -0.15) is 4.90 Å². The molecule has 1 atom stereocenters. The summed E-state index contributed by atoms with van der Waals surface area (Å²) in [5.41, 5.74) is -0.642. The number of amides is 2. The van der Waals surface area contributed by atoms with Crippen LogP contribution in [0.3, 0.4) is 0 Å². The molecule has 0 aliphatic heterocycles. The lowest BCUT2D eigenvalue weighted by Gasteiger charge is -2.35. The second-order valence-electron chi connectivity index (χ2n) is 9.41. The molecule has 0 bridgehead atoms. The average molecular weight is 442 g/mol. The molecular weight excluding hydrogens is 410 g/mol. The summed E-state index contributed by atoms with van der Waals surface area (Å²) in [6.45, 7) is 9.83. The smallest absolute Gasteiger partial charge is 0.420 e. The first-order chi connectivity index (χ1) is 14.8. The lowest BCUT2D eigenvalue weighted by molar-refractivity contribution is -0.143. The van der Waals surface area contributed by atoms with E-state index in [9.17, 15) is 19.5 Å². The van der Waals surface area contributed by atoms with E-state index >= 15 is 0 Å². The summed E-state index contributed by atoms with van der Waals surface area (Å²) in [6, 6.07) is 16.1. The van der Waals surface area contributed by atoms with Gasteiger partial charge in [0.15, 0.2) is 6.04 Å². The SMILES string of the molecule is CC(C)(C)OC(=O)N(C(=O)OC(C)(C)C)[C@H](C(=O)O)C(c1ccccc1)c1ccccc1. The summed E-state index contributed by atoms with van der Waals surface area (Å²) in [6.07, 6.45) is -2.17. The number of imide groups is 1. The summed E-state index contributed by atoms with van der Waals surface area (Å²) < 4.78 is 10.8. The quantitative estimate of drug-likeness (QED) is 0.664. The van der Waals surface area contributed by atoms with Crippen LogP contribution in [0.15, 0.2) is 60.7 Å². The van der Waals surface area contributed by atoms with Gasteiger partial charge in [0, 0.05) is 5.92 Å². The average Bonchev–Trinajstić information content (AvgIpc) is 2.66. The zero-order valence-electron chi connectivity index (χ0n) is 19.4. The van der Waals surface area contributed by atoms with E-state index < -0.39 is 41.3 Å². The van der Waals surface area contributed by atoms with Crippen LogP contribution in [0.1, 0.15) is 58.6 Å². The third-order valence-corrected chi connectivity index (χ3v) is 4.34. The number of nitrogens with zero attached hydrogens (tertiary/aromatic N) is 1. The number of carboxylic acid groups (broad SMARTS) is 1. The summed E-state index contributed by atoms with van der Waals surface area (Å²) in [5.74, 6) is -2.21. The predicted octanol–water partition coefficient (Wildman–Crippen LogP) is 5.44. The van der Waals surface area contributed by atoms with Crippen molar-refractivity contribution in [2.24, 2.45) is 0 Å². The van der Waals surface area contributed by atoms with Crippen LogP contribution >= 0.6 is 0 Å². The largest absolute Gasteiger partial charge is 0.480 e. The highest BCUT2D eigenvalue weighted by atomic mass is 16.6. The van der Waals surface area contributed by atoms with Gasteiger partial charge in [-0.25, -0.2) is 14.4 Å². The molecule has 0 radical (unpaired) electrons. The van der Waals surface area contributed by atoms with Gasteiger partial charge in [0.05, 0.1) is 0 Å². The zero-order chi connectivity index (χ0) is 24.1. The van der Waals surface area contributed by atoms with Crippen LogP contribution < -0.4 is 0 Å². The molecule has 2 amide bonds. The van der Waals surface area contributed by atoms with Crippen LogP contribution in [0, 0.1) is 0 Å². The van der Waals surface area contributed by atoms with Crippen molar-refractivity contribution in [3.8, 4) is 0 Å². The van der Waals surface area contributed by atoms with Crippen LogP contribution in [0.2, 0.25) is 0 Å². The number of hydrogen-bond donors (Lipinski definition) is 1. The van der Waals surface area contributed by atoms with E-state index in [0.29, 0.717) is 16.0 Å². The van der Waals surface area contributed by atoms with E-state index in [1.807, 2.05) is 0 Å². The van der Waals surface area contributed by atoms with Gasteiger partial charge >= 0.3 is 18.2 Å². The van der Waals surface area contributed by atoms with E-state index in [2.05, 4.69) is 0 Å². The van der Waals surface area contributed by atoms with E-state index in [1.165, 1.54) is 0 Å². The predicted molar refractivity (Wildman–Crippen MR) is 120 cm³/mol. The van der Waals surface area contributed by atoms with Crippen molar-refractivity contribution in [2.45, 2.75) is 64.7 Å². The molecule has 0 spiro atoms. The van der Waals surface area contributed by atoms with Crippen molar-refractivity contribution in [3.05, 3.63) is 71.8 Å². The van der Waals surface area contributed by atoms with E-state index in [4.69, 9.17) is 9.47 Å². The summed E-state index contributed by atoms with van der Waals surface area (Å²) >= 11 is 0. The van der Waals surface area contributed by atoms with E-state index in [-0.39, 0.29) is 0 Å². The molecule has 0 aromatic heterocycles. The Labute approximate surface area is 188 Å². The van der Waals surface area contributed by atoms with Gasteiger partial charge < -0.3 is 14.6 Å². The molecule has 2 rings (SSSR count). The molecule has 7 heteroatoms. The normalized spacial score (nSPS) is 12.7. The third-order valence-electron chi connectivity index (χ3n) is 4.34. The molecule has 2 aromatic rings. The van der Waals surface area contributed by atoms with Gasteiger partial charge in [0.2, 0.25) is 0 Å². The second-order valence-corrected chi connectivity index (χ2v) is 9.41. The van der Waals surface area contributed by atoms with Crippen LogP contribution in [0.25, 0.3) is 0 Å². The second kappa shape index (κ2) is 9.85. The number of carboxylic acids is 1. The molecule has 0 aliphatic rings. The first kappa shape index (κ1) is 24.9. The Bertz CT molecular complexity index is 861. The zero-order valence-corrected chi connectivity index (χ0v) is 19.4. The highest BCUT2D eigenvalue weighted by molar-refractivity contribution is 5.94. The Morgan fingerprint density at radius 3 is 1.34 bits per heavy atom. The minimum atomic E-state index is -1.61. The van der Waals surface area contributed by atoms with Gasteiger partial charge in [-0.1, -0.05) is 60.7 Å². The van der Waals surface area contributed by atoms with Crippen molar-refractivity contribution in [2.75, 3.05) is 0 Å². The van der Waals surface area contributed by atoms with Gasteiger partial charge in [-0.05, 0) is 52.7 Å². The van der Waals surface area contributed by atoms with Crippen LogP contribution in [-0.4, -0.2) is 45.4 Å². The number of carbonyl (C=O) groups is 3. The Morgan fingerprint density at radius 1 is 0.719 bits per heavy atom. The highest BCUT2D eigenvalue weighted by Gasteiger charge is 2.45. The van der Waals surface area contributed by atoms with Gasteiger partial charge in [0.25, 0.3) is 0 Å². The first-order valence-electron chi connectivity index (χ1n) is 10.4. The Balaban J connectivity index is 2.68. The fourth-order valence-electron chi connectivity index (χ4n) is 3.20. The number of rotatable bonds is 5. The molecule has 7 nitrogen and oxygen atoms in total. The maximum Gasteiger partial charge on any atom is 0.420 e. The Kier molecular flexibility index (Phi) is 7.67. The highest BCUT2D eigenvalue weighted by Crippen LogP contribution is 2.33. The van der Waals surface area contributed by atoms with Crippen LogP contribution in [-0.2, 0) is 14.3 Å². The Morgan fingerprint density at radius 2 is 1.06 bits per heavy atom. The molecule has 0 unspecified atom stereocenters. The summed E-state index contributed by atoms with van der Waals surface area (Å²) in [5, 5.41) is 10.3. The molecule has 2 aromatic carbocycles. The number of ether oxygens (including phenoxy) is 2. The molecule has 0 saturated heterocycles. The third kappa shape index (κ3) is 6.83. The molecule has 0 aliphatic carbocycles. The summed E-state index contributed by atoms with van der Waals surface area (Å²) in [4.78, 5) is 39.5. The molecule has 0 saturated carbocycles. The van der Waals surface area contributed by atoms with Crippen molar-refractivity contribution in [1.82, 2.24) is 4.90 Å². The molecule has 1 N–H and O–H groups in total. The van der Waals surface area contributed by atoms with Crippen molar-refractivity contribution < 1.29 is 29.0 Å². The van der Waals surface area contributed by atoms with Crippen LogP contribution in [0.5, 0.6) is 0 Å². The molecular formula is C25H31NO6. The number of hydrogen-bond acceptors (Lipinski definition) is 5. The maximum atomic E-state index is 13.1. The topological polar surface area (TPSA) is 93.1 Å². The molecule has 0 heterocycles. The Hall–Kier alpha value is -3.35. The van der Waals surface area contributed by atoms with Crippen molar-refractivity contribution >= 4 is 18.2 Å². The summed E-state index contributed by atoms with van der Waals surface area (Å²) in [7, 11) is 0. The fraction of sp³-hybridized carbons (Fsp3) is 0.400. The fourth-order valence-corrected chi connectivity index (χ4v) is 3.20. The molecule has 0 fully saturated rings. The van der Waals surface area contributed by atoms with E-state index in [1.54, 1.807) is 102 Å². The van der Waals surface area contributed by atoms with Crippen molar-refractivity contribution in [3.63, 3.8) is 0 Å². The molecule has 172 valence electrons. The monoisotopic (exact) mass is 441 g/mol. The van der Waals surface area contributed by atoms with Crippen molar-refractivity contribution in [1.29, 1.82) is 0 Å². The minimum absolute atomic E-state index is 0.573. The minimum Gasteiger partial charge on any atom is -0.480 e. The van der Waals surface area contributed by atoms with Gasteiger partial charge in [-0.3, -0.25) is 0 Å². The maximum absolute atomic E-state index is 13.1. The standard InChI is InChI=1S/C25H31NO6/c1-24(2,3)31-22(29)26(23(30)32-25(4,5)6)20(21(27)28)19(17-13-9-7-10-14-17)18-15-11-8-12-16-18/h7-16,19-20H,1-6H3,(H,27,28)/t20-/m0/s1. The number of aliphatic carboxylic acids is 1. The van der Waals surface area contributed by atoms with Gasteiger partial charge in [-0.15, -0.1) is 0 Å². The first-order valence-corrected chi connectivity index (χ1v) is 10.4. The lowest BCUT2D eigenvalue weighted by Crippen LogP contribution is -2.54.